The van der Waals surface area contributed by atoms with Crippen LogP contribution in [-0.4, -0.2) is 76.6 Å². The number of nitrogens with zero attached hydrogens (tertiary/aromatic N) is 5. The number of hydrogen-bond acceptors (Lipinski definition) is 7. The molecule has 38 heavy (non-hydrogen) atoms. The summed E-state index contributed by atoms with van der Waals surface area (Å²) < 4.78 is 38.4. The summed E-state index contributed by atoms with van der Waals surface area (Å²) in [7, 11) is 0. The molecule has 1 aromatic carbocycles. The maximum atomic E-state index is 12.8. The van der Waals surface area contributed by atoms with Crippen molar-refractivity contribution in [1.82, 2.24) is 14.8 Å². The van der Waals surface area contributed by atoms with Gasteiger partial charge in [-0.2, -0.15) is 13.2 Å². The number of thiocarbonyl (C=S) groups is 1. The first-order valence-electron chi connectivity index (χ1n) is 12.9. The van der Waals surface area contributed by atoms with Gasteiger partial charge in [-0.1, -0.05) is 12.2 Å². The number of piperazine rings is 1. The Labute approximate surface area is 226 Å². The van der Waals surface area contributed by atoms with Crippen molar-refractivity contribution in [3.05, 3.63) is 57.8 Å². The van der Waals surface area contributed by atoms with Gasteiger partial charge in [0.1, 0.15) is 12.0 Å². The van der Waals surface area contributed by atoms with Crippen LogP contribution in [0.1, 0.15) is 36.8 Å². The van der Waals surface area contributed by atoms with Gasteiger partial charge in [0, 0.05) is 56.6 Å². The van der Waals surface area contributed by atoms with E-state index < -0.39 is 16.7 Å². The lowest BCUT2D eigenvalue weighted by molar-refractivity contribution is -0.385. The van der Waals surface area contributed by atoms with Crippen LogP contribution >= 0.6 is 12.2 Å². The molecule has 206 valence electrons. The minimum absolute atomic E-state index is 0.0248. The van der Waals surface area contributed by atoms with Gasteiger partial charge in [0.25, 0.3) is 5.69 Å². The molecule has 2 aliphatic heterocycles. The number of pyridine rings is 1. The van der Waals surface area contributed by atoms with E-state index in [1.807, 2.05) is 0 Å². The number of aryl methyl sites for hydroxylation is 1. The number of rotatable bonds is 8. The van der Waals surface area contributed by atoms with E-state index in [1.54, 1.807) is 25.1 Å². The van der Waals surface area contributed by atoms with E-state index in [0.717, 1.165) is 94.3 Å². The van der Waals surface area contributed by atoms with Crippen LogP contribution in [0.25, 0.3) is 0 Å². The Morgan fingerprint density at radius 3 is 2.37 bits per heavy atom. The highest BCUT2D eigenvalue weighted by Crippen LogP contribution is 2.30. The van der Waals surface area contributed by atoms with Crippen molar-refractivity contribution in [2.45, 2.75) is 44.8 Å². The average Bonchev–Trinajstić information content (AvgIpc) is 2.89. The third-order valence-electron chi connectivity index (χ3n) is 7.28. The molecule has 2 saturated heterocycles. The molecule has 2 aromatic rings. The molecule has 0 saturated carbocycles. The van der Waals surface area contributed by atoms with E-state index in [0.29, 0.717) is 11.4 Å². The average molecular weight is 551 g/mol. The van der Waals surface area contributed by atoms with Crippen LogP contribution in [0.4, 0.5) is 30.4 Å². The van der Waals surface area contributed by atoms with Crippen molar-refractivity contribution in [1.29, 1.82) is 0 Å². The lowest BCUT2D eigenvalue weighted by Crippen LogP contribution is -2.47. The van der Waals surface area contributed by atoms with Crippen LogP contribution in [0, 0.1) is 17.0 Å². The summed E-state index contributed by atoms with van der Waals surface area (Å²) in [5.41, 5.74) is 0.827. The number of hydrogen-bond donors (Lipinski definition) is 1. The van der Waals surface area contributed by atoms with E-state index in [-0.39, 0.29) is 11.7 Å². The molecular weight excluding hydrogens is 517 g/mol. The summed E-state index contributed by atoms with van der Waals surface area (Å²) in [6.45, 7) is 7.74. The van der Waals surface area contributed by atoms with Gasteiger partial charge >= 0.3 is 6.18 Å². The summed E-state index contributed by atoms with van der Waals surface area (Å²) in [5.74, 6) is 0.660. The van der Waals surface area contributed by atoms with Crippen molar-refractivity contribution in [3.8, 4) is 0 Å². The zero-order valence-electron chi connectivity index (χ0n) is 21.4. The quantitative estimate of drug-likeness (QED) is 0.276. The Bertz CT molecular complexity index is 1110. The Morgan fingerprint density at radius 2 is 1.79 bits per heavy atom. The number of nitrogens with one attached hydrogen (secondary N) is 1. The second-order valence-electron chi connectivity index (χ2n) is 9.89. The number of aromatic nitrogens is 1. The van der Waals surface area contributed by atoms with Crippen LogP contribution in [0.2, 0.25) is 0 Å². The second kappa shape index (κ2) is 12.2. The Balaban J connectivity index is 1.13. The van der Waals surface area contributed by atoms with Gasteiger partial charge in [-0.05, 0) is 69.5 Å². The van der Waals surface area contributed by atoms with Gasteiger partial charge in [0.15, 0.2) is 0 Å². The molecule has 8 nitrogen and oxygen atoms in total. The Hall–Kier alpha value is -2.99. The molecule has 2 fully saturated rings. The molecule has 1 aromatic heterocycles. The molecule has 12 heteroatoms. The highest BCUT2D eigenvalue weighted by molar-refractivity contribution is 7.80. The predicted molar refractivity (Wildman–Crippen MR) is 146 cm³/mol. The molecule has 4 rings (SSSR count). The summed E-state index contributed by atoms with van der Waals surface area (Å²) in [6, 6.07) is 7.38. The summed E-state index contributed by atoms with van der Waals surface area (Å²) >= 11 is 5.71. The third-order valence-corrected chi connectivity index (χ3v) is 7.74. The maximum absolute atomic E-state index is 12.8. The number of anilines is 2. The van der Waals surface area contributed by atoms with Gasteiger partial charge < -0.3 is 15.1 Å². The smallest absolute Gasteiger partial charge is 0.369 e. The van der Waals surface area contributed by atoms with Crippen LogP contribution in [0.5, 0.6) is 0 Å². The molecule has 1 N–H and O–H groups in total. The van der Waals surface area contributed by atoms with E-state index in [9.17, 15) is 23.3 Å². The molecule has 0 unspecified atom stereocenters. The Kier molecular flexibility index (Phi) is 9.03. The molecular formula is C26H33F3N6O2S. The predicted octanol–water partition coefficient (Wildman–Crippen LogP) is 5.12. The van der Waals surface area contributed by atoms with E-state index in [1.165, 1.54) is 6.20 Å². The zero-order valence-corrected chi connectivity index (χ0v) is 22.2. The SMILES string of the molecule is Cc1cc(NC2CCN(C(=S)CCCN3CCN(c4ccc(C(F)(F)F)cc4)CC3)CC2)ncc1[N+](=O)[O-]. The fourth-order valence-corrected chi connectivity index (χ4v) is 5.33. The van der Waals surface area contributed by atoms with Crippen molar-refractivity contribution >= 4 is 34.4 Å². The fraction of sp³-hybridized carbons (Fsp3) is 0.538. The molecule has 0 aliphatic carbocycles. The van der Waals surface area contributed by atoms with Gasteiger partial charge in [0.2, 0.25) is 0 Å². The Morgan fingerprint density at radius 1 is 1.13 bits per heavy atom. The number of nitro groups is 1. The van der Waals surface area contributed by atoms with E-state index in [2.05, 4.69) is 25.0 Å². The second-order valence-corrected chi connectivity index (χ2v) is 10.4. The van der Waals surface area contributed by atoms with Crippen molar-refractivity contribution < 1.29 is 18.1 Å². The van der Waals surface area contributed by atoms with Crippen LogP contribution in [0.3, 0.4) is 0 Å². The largest absolute Gasteiger partial charge is 0.416 e. The highest BCUT2D eigenvalue weighted by atomic mass is 32.1. The zero-order chi connectivity index (χ0) is 27.3. The van der Waals surface area contributed by atoms with Crippen molar-refractivity contribution in [2.75, 3.05) is 56.0 Å². The molecule has 0 spiro atoms. The first-order valence-corrected chi connectivity index (χ1v) is 13.3. The first kappa shape index (κ1) is 28.0. The first-order chi connectivity index (χ1) is 18.1. The van der Waals surface area contributed by atoms with E-state index >= 15 is 0 Å². The van der Waals surface area contributed by atoms with Gasteiger partial charge in [0.05, 0.1) is 15.5 Å². The third kappa shape index (κ3) is 7.31. The van der Waals surface area contributed by atoms with Crippen LogP contribution in [-0.2, 0) is 6.18 Å². The monoisotopic (exact) mass is 550 g/mol. The molecule has 2 aliphatic rings. The fourth-order valence-electron chi connectivity index (χ4n) is 5.00. The summed E-state index contributed by atoms with van der Waals surface area (Å²) in [5, 5.41) is 14.4. The number of benzene rings is 1. The lowest BCUT2D eigenvalue weighted by atomic mass is 10.0. The molecule has 0 amide bonds. The number of piperidine rings is 1. The topological polar surface area (TPSA) is 77.8 Å². The maximum Gasteiger partial charge on any atom is 0.416 e. The molecule has 0 bridgehead atoms. The molecule has 3 heterocycles. The summed E-state index contributed by atoms with van der Waals surface area (Å²) in [4.78, 5) is 22.5. The normalized spacial score (nSPS) is 17.5. The standard InChI is InChI=1S/C26H33F3N6O2S/c1-19-17-24(30-18-23(19)35(36)37)31-21-8-11-34(12-9-21)25(38)3-2-10-32-13-15-33(16-14-32)22-6-4-20(5-7-22)26(27,28)29/h4-7,17-18,21H,2-3,8-16H2,1H3,(H,30,31). The van der Waals surface area contributed by atoms with Gasteiger partial charge in [-0.25, -0.2) is 4.98 Å². The minimum atomic E-state index is -4.31. The minimum Gasteiger partial charge on any atom is -0.369 e. The number of likely N-dealkylation sites (tertiary alicyclic amines) is 1. The molecule has 0 atom stereocenters. The number of alkyl halides is 3. The number of halogens is 3. The van der Waals surface area contributed by atoms with Crippen LogP contribution in [0.15, 0.2) is 36.5 Å². The highest BCUT2D eigenvalue weighted by Gasteiger charge is 2.30. The van der Waals surface area contributed by atoms with Gasteiger partial charge in [-0.15, -0.1) is 0 Å². The van der Waals surface area contributed by atoms with Crippen molar-refractivity contribution in [2.24, 2.45) is 0 Å². The van der Waals surface area contributed by atoms with Crippen LogP contribution < -0.4 is 10.2 Å². The van der Waals surface area contributed by atoms with E-state index in [4.69, 9.17) is 12.2 Å². The summed E-state index contributed by atoms with van der Waals surface area (Å²) in [6.07, 6.45) is 0.666. The van der Waals surface area contributed by atoms with Gasteiger partial charge in [-0.3, -0.25) is 15.0 Å². The molecule has 0 radical (unpaired) electrons. The lowest BCUT2D eigenvalue weighted by Gasteiger charge is -2.37. The van der Waals surface area contributed by atoms with Crippen molar-refractivity contribution in [3.63, 3.8) is 0 Å².